The standard InChI is InChI=1S/C35H44F2/c1-3-5-30-18-19-31(22-34(30)36)28-12-10-25(11-13-28)26-14-16-29(17-15-26)33-21-20-32(23-35(33)37)27-8-6-24(4-2)7-9-27/h4,16,18-28H,2-3,5-15,17H2,1H3. The summed E-state index contributed by atoms with van der Waals surface area (Å²) < 4.78 is 29.7. The van der Waals surface area contributed by atoms with Gasteiger partial charge < -0.3 is 0 Å². The van der Waals surface area contributed by atoms with Gasteiger partial charge in [-0.2, -0.15) is 0 Å². The van der Waals surface area contributed by atoms with Gasteiger partial charge >= 0.3 is 0 Å². The number of allylic oxidation sites excluding steroid dienone is 3. The van der Waals surface area contributed by atoms with E-state index in [1.54, 1.807) is 6.07 Å². The van der Waals surface area contributed by atoms with Crippen LogP contribution in [0.2, 0.25) is 0 Å². The van der Waals surface area contributed by atoms with Gasteiger partial charge in [-0.3, -0.25) is 0 Å². The number of benzene rings is 2. The highest BCUT2D eigenvalue weighted by atomic mass is 19.1. The van der Waals surface area contributed by atoms with E-state index in [0.717, 1.165) is 74.8 Å². The van der Waals surface area contributed by atoms with Crippen LogP contribution in [-0.2, 0) is 6.42 Å². The lowest BCUT2D eigenvalue weighted by Gasteiger charge is -2.36. The van der Waals surface area contributed by atoms with Crippen LogP contribution >= 0.6 is 0 Å². The molecule has 2 heteroatoms. The van der Waals surface area contributed by atoms with Crippen molar-refractivity contribution in [1.29, 1.82) is 0 Å². The summed E-state index contributed by atoms with van der Waals surface area (Å²) in [5, 5.41) is 0. The van der Waals surface area contributed by atoms with Crippen molar-refractivity contribution in [2.75, 3.05) is 0 Å². The van der Waals surface area contributed by atoms with Crippen LogP contribution in [0.3, 0.4) is 0 Å². The molecule has 1 unspecified atom stereocenters. The van der Waals surface area contributed by atoms with E-state index in [1.807, 2.05) is 18.2 Å². The monoisotopic (exact) mass is 502 g/mol. The van der Waals surface area contributed by atoms with E-state index < -0.39 is 0 Å². The molecule has 37 heavy (non-hydrogen) atoms. The lowest BCUT2D eigenvalue weighted by molar-refractivity contribution is 0.220. The van der Waals surface area contributed by atoms with Gasteiger partial charge in [-0.15, -0.1) is 6.58 Å². The zero-order valence-corrected chi connectivity index (χ0v) is 22.7. The molecule has 0 spiro atoms. The van der Waals surface area contributed by atoms with Gasteiger partial charge in [0.05, 0.1) is 0 Å². The molecule has 0 aromatic heterocycles. The molecule has 3 aliphatic rings. The van der Waals surface area contributed by atoms with Crippen LogP contribution in [0.5, 0.6) is 0 Å². The van der Waals surface area contributed by atoms with Crippen molar-refractivity contribution in [3.63, 3.8) is 0 Å². The van der Waals surface area contributed by atoms with Gasteiger partial charge in [0.25, 0.3) is 0 Å². The first-order valence-electron chi connectivity index (χ1n) is 14.9. The number of hydrogen-bond acceptors (Lipinski definition) is 0. The summed E-state index contributed by atoms with van der Waals surface area (Å²) in [6.45, 7) is 6.04. The highest BCUT2D eigenvalue weighted by Crippen LogP contribution is 2.44. The Morgan fingerprint density at radius 2 is 1.43 bits per heavy atom. The van der Waals surface area contributed by atoms with Crippen LogP contribution in [0.15, 0.2) is 55.1 Å². The van der Waals surface area contributed by atoms with Gasteiger partial charge in [0, 0.05) is 5.56 Å². The second kappa shape index (κ2) is 12.1. The van der Waals surface area contributed by atoms with E-state index in [1.165, 1.54) is 42.4 Å². The molecule has 0 nitrogen and oxygen atoms in total. The second-order valence-corrected chi connectivity index (χ2v) is 12.1. The van der Waals surface area contributed by atoms with E-state index in [4.69, 9.17) is 0 Å². The maximum Gasteiger partial charge on any atom is 0.130 e. The number of rotatable bonds is 7. The number of hydrogen-bond donors (Lipinski definition) is 0. The van der Waals surface area contributed by atoms with Crippen LogP contribution in [0.4, 0.5) is 8.78 Å². The molecule has 2 fully saturated rings. The average Bonchev–Trinajstić information content (AvgIpc) is 2.94. The van der Waals surface area contributed by atoms with Crippen LogP contribution in [0.1, 0.15) is 118 Å². The first-order chi connectivity index (χ1) is 18.1. The Morgan fingerprint density at radius 1 is 0.784 bits per heavy atom. The molecule has 5 rings (SSSR count). The zero-order valence-electron chi connectivity index (χ0n) is 22.7. The van der Waals surface area contributed by atoms with Crippen molar-refractivity contribution in [3.05, 3.63) is 89.0 Å². The molecule has 0 aliphatic heterocycles. The highest BCUT2D eigenvalue weighted by Gasteiger charge is 2.30. The van der Waals surface area contributed by atoms with E-state index in [9.17, 15) is 4.39 Å². The first-order valence-corrected chi connectivity index (χ1v) is 14.9. The van der Waals surface area contributed by atoms with Gasteiger partial charge in [0.2, 0.25) is 0 Å². The molecule has 3 aliphatic carbocycles. The number of aryl methyl sites for hydroxylation is 1. The van der Waals surface area contributed by atoms with E-state index in [0.29, 0.717) is 23.7 Å². The van der Waals surface area contributed by atoms with Crippen LogP contribution in [0.25, 0.3) is 5.57 Å². The SMILES string of the molecule is C=CC1CCC(c2ccc(C3=CCC(C4CCC(c5ccc(CCC)c(F)c5)CC4)CC3)c(F)c2)CC1. The predicted molar refractivity (Wildman–Crippen MR) is 152 cm³/mol. The fourth-order valence-corrected chi connectivity index (χ4v) is 7.47. The van der Waals surface area contributed by atoms with E-state index in [-0.39, 0.29) is 11.6 Å². The summed E-state index contributed by atoms with van der Waals surface area (Å²) in [6, 6.07) is 12.0. The topological polar surface area (TPSA) is 0 Å². The summed E-state index contributed by atoms with van der Waals surface area (Å²) in [7, 11) is 0. The third kappa shape index (κ3) is 6.10. The first kappa shape index (κ1) is 26.4. The minimum atomic E-state index is -0.0364. The molecule has 0 heterocycles. The van der Waals surface area contributed by atoms with Gasteiger partial charge in [0.15, 0.2) is 0 Å². The minimum Gasteiger partial charge on any atom is -0.207 e. The predicted octanol–water partition coefficient (Wildman–Crippen LogP) is 10.5. The molecule has 0 amide bonds. The number of halogens is 2. The van der Waals surface area contributed by atoms with Gasteiger partial charge in [-0.05, 0) is 141 Å². The molecule has 2 aromatic rings. The minimum absolute atomic E-state index is 0.0215. The molecule has 198 valence electrons. The van der Waals surface area contributed by atoms with Crippen LogP contribution in [0, 0.1) is 29.4 Å². The summed E-state index contributed by atoms with van der Waals surface area (Å²) in [4.78, 5) is 0. The Hall–Kier alpha value is -2.22. The maximum absolute atomic E-state index is 15.2. The van der Waals surface area contributed by atoms with Crippen LogP contribution in [-0.4, -0.2) is 0 Å². The fraction of sp³-hybridized carbons (Fsp3) is 0.543. The summed E-state index contributed by atoms with van der Waals surface area (Å²) in [6.07, 6.45) is 18.8. The lowest BCUT2D eigenvalue weighted by Crippen LogP contribution is -2.22. The second-order valence-electron chi connectivity index (χ2n) is 12.1. The molecule has 0 radical (unpaired) electrons. The fourth-order valence-electron chi connectivity index (χ4n) is 7.47. The Balaban J connectivity index is 1.15. The summed E-state index contributed by atoms with van der Waals surface area (Å²) in [5.74, 6) is 3.01. The Kier molecular flexibility index (Phi) is 8.63. The Morgan fingerprint density at radius 3 is 2.00 bits per heavy atom. The molecule has 2 saturated carbocycles. The molecular weight excluding hydrogens is 458 g/mol. The normalized spacial score (nSPS) is 28.5. The Bertz CT molecular complexity index is 1100. The van der Waals surface area contributed by atoms with Gasteiger partial charge in [-0.25, -0.2) is 8.78 Å². The van der Waals surface area contributed by atoms with Crippen molar-refractivity contribution in [2.45, 2.75) is 102 Å². The highest BCUT2D eigenvalue weighted by molar-refractivity contribution is 5.67. The molecule has 1 atom stereocenters. The molecule has 0 bridgehead atoms. The van der Waals surface area contributed by atoms with E-state index >= 15 is 4.39 Å². The summed E-state index contributed by atoms with van der Waals surface area (Å²) in [5.41, 5.74) is 5.24. The largest absolute Gasteiger partial charge is 0.207 e. The van der Waals surface area contributed by atoms with Crippen molar-refractivity contribution in [2.24, 2.45) is 17.8 Å². The third-order valence-corrected chi connectivity index (χ3v) is 9.87. The van der Waals surface area contributed by atoms with Crippen LogP contribution < -0.4 is 0 Å². The summed E-state index contributed by atoms with van der Waals surface area (Å²) >= 11 is 0. The third-order valence-electron chi connectivity index (χ3n) is 9.87. The average molecular weight is 503 g/mol. The van der Waals surface area contributed by atoms with E-state index in [2.05, 4.69) is 37.8 Å². The van der Waals surface area contributed by atoms with Crippen molar-refractivity contribution in [3.8, 4) is 0 Å². The zero-order chi connectivity index (χ0) is 25.8. The quantitative estimate of drug-likeness (QED) is 0.330. The lowest BCUT2D eigenvalue weighted by atomic mass is 9.70. The molecule has 0 N–H and O–H groups in total. The van der Waals surface area contributed by atoms with Crippen molar-refractivity contribution < 1.29 is 8.78 Å². The van der Waals surface area contributed by atoms with Gasteiger partial charge in [0.1, 0.15) is 11.6 Å². The van der Waals surface area contributed by atoms with Crippen molar-refractivity contribution in [1.82, 2.24) is 0 Å². The molecule has 0 saturated heterocycles. The smallest absolute Gasteiger partial charge is 0.130 e. The Labute approximate surface area is 223 Å². The molecular formula is C35H44F2. The molecule has 2 aromatic carbocycles. The maximum atomic E-state index is 15.2. The van der Waals surface area contributed by atoms with Gasteiger partial charge in [-0.1, -0.05) is 49.8 Å². The van der Waals surface area contributed by atoms with Crippen molar-refractivity contribution >= 4 is 5.57 Å².